The fraction of sp³-hybridized carbons (Fsp3) is 0.133. The molecule has 4 aromatic rings. The Kier molecular flexibility index (Phi) is 19.6. The van der Waals surface area contributed by atoms with Crippen LogP contribution in [0.4, 0.5) is 11.4 Å². The first kappa shape index (κ1) is 33.5. The summed E-state index contributed by atoms with van der Waals surface area (Å²) in [5.41, 5.74) is 2.92. The van der Waals surface area contributed by atoms with Crippen molar-refractivity contribution in [2.24, 2.45) is 9.98 Å². The Bertz CT molecular complexity index is 1060. The SMILES string of the molecule is CC[O-].CC[O-].[O-]c1ccccc1C=Nc1ccccc1.[O-]c1ccccc1C=Nc1ccccc1.[Ti+4]. The van der Waals surface area contributed by atoms with Crippen LogP contribution in [-0.4, -0.2) is 25.6 Å². The second-order valence-corrected chi connectivity index (χ2v) is 6.84. The molecular formula is C30H30N2O4Ti. The van der Waals surface area contributed by atoms with Crippen molar-refractivity contribution >= 4 is 23.8 Å². The number of hydrogen-bond acceptors (Lipinski definition) is 6. The topological polar surface area (TPSA) is 117 Å². The summed E-state index contributed by atoms with van der Waals surface area (Å²) in [4.78, 5) is 8.42. The Morgan fingerprint density at radius 3 is 1.08 bits per heavy atom. The van der Waals surface area contributed by atoms with E-state index in [1.165, 1.54) is 12.1 Å². The van der Waals surface area contributed by atoms with Gasteiger partial charge in [-0.3, -0.25) is 9.98 Å². The quantitative estimate of drug-likeness (QED) is 0.295. The van der Waals surface area contributed by atoms with Crippen LogP contribution in [0.2, 0.25) is 0 Å². The van der Waals surface area contributed by atoms with Gasteiger partial charge in [-0.05, 0) is 35.4 Å². The van der Waals surface area contributed by atoms with E-state index in [4.69, 9.17) is 10.2 Å². The van der Waals surface area contributed by atoms with Gasteiger partial charge in [0.2, 0.25) is 0 Å². The second kappa shape index (κ2) is 21.7. The average molecular weight is 530 g/mol. The van der Waals surface area contributed by atoms with Gasteiger partial charge in [0.25, 0.3) is 0 Å². The zero-order chi connectivity index (χ0) is 26.4. The van der Waals surface area contributed by atoms with E-state index in [0.29, 0.717) is 11.1 Å². The average Bonchev–Trinajstić information content (AvgIpc) is 2.90. The summed E-state index contributed by atoms with van der Waals surface area (Å²) in [5, 5.41) is 40.6. The first-order valence-electron chi connectivity index (χ1n) is 11.4. The molecule has 0 saturated carbocycles. The van der Waals surface area contributed by atoms with Gasteiger partial charge in [0.1, 0.15) is 0 Å². The van der Waals surface area contributed by atoms with Gasteiger partial charge in [0, 0.05) is 12.4 Å². The molecule has 0 unspecified atom stereocenters. The summed E-state index contributed by atoms with van der Waals surface area (Å²) in [5.74, 6) is -0.00522. The number of para-hydroxylation sites is 4. The smallest absolute Gasteiger partial charge is 0.872 e. The van der Waals surface area contributed by atoms with Gasteiger partial charge in [0.15, 0.2) is 0 Å². The number of aliphatic imine (C=N–C) groups is 2. The van der Waals surface area contributed by atoms with Gasteiger partial charge in [-0.15, -0.1) is 24.7 Å². The van der Waals surface area contributed by atoms with E-state index in [0.717, 1.165) is 11.4 Å². The monoisotopic (exact) mass is 530 g/mol. The van der Waals surface area contributed by atoms with Crippen molar-refractivity contribution in [1.29, 1.82) is 0 Å². The molecule has 0 aliphatic heterocycles. The van der Waals surface area contributed by atoms with Crippen LogP contribution in [0.25, 0.3) is 0 Å². The first-order chi connectivity index (χ1) is 17.5. The Labute approximate surface area is 234 Å². The first-order valence-corrected chi connectivity index (χ1v) is 11.4. The summed E-state index contributed by atoms with van der Waals surface area (Å²) >= 11 is 0. The van der Waals surface area contributed by atoms with Gasteiger partial charge in [-0.2, -0.15) is 0 Å². The van der Waals surface area contributed by atoms with E-state index in [1.54, 1.807) is 50.5 Å². The molecule has 4 rings (SSSR count). The predicted octanol–water partition coefficient (Wildman–Crippen LogP) is 3.75. The van der Waals surface area contributed by atoms with Crippen LogP contribution >= 0.6 is 0 Å². The maximum atomic E-state index is 11.3. The Balaban J connectivity index is 0.000000566. The van der Waals surface area contributed by atoms with E-state index in [-0.39, 0.29) is 46.4 Å². The van der Waals surface area contributed by atoms with Crippen LogP contribution in [0, 0.1) is 0 Å². The van der Waals surface area contributed by atoms with E-state index in [9.17, 15) is 10.2 Å². The standard InChI is InChI=1S/2C13H11NO.2C2H5O.Ti/c2*15-13-9-5-4-6-11(13)10-14-12-7-2-1-3-8-12;2*1-2-3;/h2*1-10,15H;2*2H2,1H3;/q;;2*-1;+4/p-2. The molecule has 0 heterocycles. The van der Waals surface area contributed by atoms with E-state index < -0.39 is 0 Å². The molecule has 4 aromatic carbocycles. The Hall–Kier alpha value is -3.55. The molecule has 0 saturated heterocycles. The van der Waals surface area contributed by atoms with Crippen molar-refractivity contribution in [3.05, 3.63) is 120 Å². The molecule has 0 radical (unpaired) electrons. The van der Waals surface area contributed by atoms with Crippen LogP contribution in [0.5, 0.6) is 11.5 Å². The number of hydrogen-bond donors (Lipinski definition) is 0. The maximum absolute atomic E-state index is 11.3. The molecule has 7 heteroatoms. The van der Waals surface area contributed by atoms with Crippen LogP contribution in [0.1, 0.15) is 25.0 Å². The van der Waals surface area contributed by atoms with E-state index in [2.05, 4.69) is 9.98 Å². The summed E-state index contributed by atoms with van der Waals surface area (Å²) in [6, 6.07) is 32.8. The molecule has 188 valence electrons. The van der Waals surface area contributed by atoms with Crippen molar-refractivity contribution in [1.82, 2.24) is 0 Å². The fourth-order valence-corrected chi connectivity index (χ4v) is 2.49. The van der Waals surface area contributed by atoms with E-state index in [1.807, 2.05) is 72.8 Å². The predicted molar refractivity (Wildman–Crippen MR) is 140 cm³/mol. The van der Waals surface area contributed by atoms with E-state index >= 15 is 0 Å². The van der Waals surface area contributed by atoms with Gasteiger partial charge < -0.3 is 20.4 Å². The van der Waals surface area contributed by atoms with Crippen LogP contribution in [0.3, 0.4) is 0 Å². The third-order valence-corrected chi connectivity index (χ3v) is 4.06. The number of nitrogens with zero attached hydrogens (tertiary/aromatic N) is 2. The second-order valence-electron chi connectivity index (χ2n) is 6.84. The maximum Gasteiger partial charge on any atom is 4.00 e. The number of benzene rings is 4. The summed E-state index contributed by atoms with van der Waals surface area (Å²) in [6.07, 6.45) is 3.19. The normalized spacial score (nSPS) is 9.62. The summed E-state index contributed by atoms with van der Waals surface area (Å²) in [6.45, 7) is 3.14. The van der Waals surface area contributed by atoms with Crippen molar-refractivity contribution < 1.29 is 42.1 Å². The molecule has 0 aromatic heterocycles. The van der Waals surface area contributed by atoms with Gasteiger partial charge in [-0.25, -0.2) is 0 Å². The van der Waals surface area contributed by atoms with Crippen LogP contribution < -0.4 is 20.4 Å². The molecule has 0 amide bonds. The molecule has 0 spiro atoms. The zero-order valence-corrected chi connectivity index (χ0v) is 22.6. The van der Waals surface area contributed by atoms with Crippen molar-refractivity contribution in [3.63, 3.8) is 0 Å². The van der Waals surface area contributed by atoms with Crippen LogP contribution in [0.15, 0.2) is 119 Å². The number of rotatable bonds is 4. The van der Waals surface area contributed by atoms with Crippen molar-refractivity contribution in [2.45, 2.75) is 13.8 Å². The molecule has 0 aliphatic carbocycles. The Morgan fingerprint density at radius 2 is 0.784 bits per heavy atom. The zero-order valence-electron chi connectivity index (χ0n) is 21.0. The minimum absolute atomic E-state index is 0. The third kappa shape index (κ3) is 15.2. The summed E-state index contributed by atoms with van der Waals surface area (Å²) < 4.78 is 0. The summed E-state index contributed by atoms with van der Waals surface area (Å²) in [7, 11) is 0. The molecule has 6 nitrogen and oxygen atoms in total. The molecular weight excluding hydrogens is 500 g/mol. The fourth-order valence-electron chi connectivity index (χ4n) is 2.49. The molecule has 0 bridgehead atoms. The molecule has 0 fully saturated rings. The van der Waals surface area contributed by atoms with Gasteiger partial charge >= 0.3 is 21.7 Å². The van der Waals surface area contributed by atoms with Gasteiger partial charge in [0.05, 0.1) is 11.4 Å². The molecule has 0 N–H and O–H groups in total. The molecule has 0 aliphatic rings. The molecule has 0 atom stereocenters. The largest absolute Gasteiger partial charge is 4.00 e. The molecule has 37 heavy (non-hydrogen) atoms. The minimum Gasteiger partial charge on any atom is -0.872 e. The van der Waals surface area contributed by atoms with Crippen LogP contribution in [-0.2, 0) is 21.7 Å². The van der Waals surface area contributed by atoms with Crippen molar-refractivity contribution in [2.75, 3.05) is 13.2 Å². The minimum atomic E-state index is -0.00261. The Morgan fingerprint density at radius 1 is 0.514 bits per heavy atom. The third-order valence-electron chi connectivity index (χ3n) is 4.06. The van der Waals surface area contributed by atoms with Crippen molar-refractivity contribution in [3.8, 4) is 11.5 Å². The van der Waals surface area contributed by atoms with Gasteiger partial charge in [-0.1, -0.05) is 98.8 Å².